The molecular weight excluding hydrogens is 593 g/mol. The fourth-order valence-electron chi connectivity index (χ4n) is 7.56. The van der Waals surface area contributed by atoms with Crippen molar-refractivity contribution in [3.05, 3.63) is 217 Å². The summed E-state index contributed by atoms with van der Waals surface area (Å²) in [5.74, 6) is 0. The van der Waals surface area contributed by atoms with E-state index in [2.05, 4.69) is 170 Å². The fourth-order valence-corrected chi connectivity index (χ4v) is 7.56. The first-order valence-corrected chi connectivity index (χ1v) is 16.7. The highest BCUT2D eigenvalue weighted by Crippen LogP contribution is 2.56. The number of hydrogen-bond acceptors (Lipinski definition) is 2. The highest BCUT2D eigenvalue weighted by atomic mass is 14.7. The Hall–Kier alpha value is -6.38. The van der Waals surface area contributed by atoms with Crippen molar-refractivity contribution >= 4 is 0 Å². The molecule has 2 aromatic heterocycles. The molecule has 2 heteroatoms. The monoisotopic (exact) mass is 624 g/mol. The average Bonchev–Trinajstić information content (AvgIpc) is 3.49. The van der Waals surface area contributed by atoms with E-state index in [9.17, 15) is 0 Å². The zero-order valence-corrected chi connectivity index (χ0v) is 26.9. The summed E-state index contributed by atoms with van der Waals surface area (Å²) < 4.78 is 0. The number of rotatable bonds is 6. The van der Waals surface area contributed by atoms with Gasteiger partial charge in [-0.15, -0.1) is 0 Å². The minimum Gasteiger partial charge on any atom is -0.260 e. The molecule has 0 N–H and O–H groups in total. The molecule has 1 aliphatic rings. The molecule has 2 nitrogen and oxygen atoms in total. The minimum absolute atomic E-state index is 0.506. The van der Waals surface area contributed by atoms with E-state index in [-0.39, 0.29) is 0 Å². The van der Waals surface area contributed by atoms with E-state index in [4.69, 9.17) is 9.97 Å². The van der Waals surface area contributed by atoms with Gasteiger partial charge in [0.1, 0.15) is 0 Å². The second kappa shape index (κ2) is 12.0. The number of benzene rings is 6. The van der Waals surface area contributed by atoms with Crippen LogP contribution in [0.1, 0.15) is 22.4 Å². The first-order valence-electron chi connectivity index (χ1n) is 16.7. The van der Waals surface area contributed by atoms with E-state index in [1.807, 2.05) is 24.4 Å². The van der Waals surface area contributed by atoms with Crippen LogP contribution >= 0.6 is 0 Å². The van der Waals surface area contributed by atoms with Gasteiger partial charge in [-0.2, -0.15) is 0 Å². The number of nitrogens with zero attached hydrogens (tertiary/aromatic N) is 2. The Morgan fingerprint density at radius 1 is 0.347 bits per heavy atom. The molecule has 0 bridgehead atoms. The molecule has 0 spiro atoms. The Bertz CT molecular complexity index is 2320. The molecule has 0 fully saturated rings. The maximum Gasteiger partial charge on any atom is 0.0885 e. The third-order valence-corrected chi connectivity index (χ3v) is 9.79. The minimum atomic E-state index is -0.506. The van der Waals surface area contributed by atoms with Crippen molar-refractivity contribution in [2.75, 3.05) is 0 Å². The lowest BCUT2D eigenvalue weighted by Gasteiger charge is -2.32. The SMILES string of the molecule is c1ccc(-c2cc(-c3cccc(-c4ccc5c(c4)-c4ccccc4C5(c4ccccc4)c4ccccn4)c3)cc(-c3ccccc3)n2)cc1. The average molecular weight is 625 g/mol. The fraction of sp³-hybridized carbons (Fsp3) is 0.0213. The van der Waals surface area contributed by atoms with E-state index in [0.29, 0.717) is 0 Å². The second-order valence-electron chi connectivity index (χ2n) is 12.6. The van der Waals surface area contributed by atoms with Gasteiger partial charge >= 0.3 is 0 Å². The van der Waals surface area contributed by atoms with E-state index < -0.39 is 5.41 Å². The number of pyridine rings is 2. The topological polar surface area (TPSA) is 25.8 Å². The van der Waals surface area contributed by atoms with Crippen LogP contribution in [0.25, 0.3) is 55.9 Å². The summed E-state index contributed by atoms with van der Waals surface area (Å²) >= 11 is 0. The molecule has 49 heavy (non-hydrogen) atoms. The molecule has 2 heterocycles. The molecule has 230 valence electrons. The molecule has 0 saturated carbocycles. The van der Waals surface area contributed by atoms with Crippen molar-refractivity contribution in [1.29, 1.82) is 0 Å². The van der Waals surface area contributed by atoms with Crippen LogP contribution in [0.3, 0.4) is 0 Å². The van der Waals surface area contributed by atoms with E-state index in [1.54, 1.807) is 0 Å². The van der Waals surface area contributed by atoms with Crippen molar-refractivity contribution in [3.8, 4) is 55.9 Å². The molecule has 8 aromatic rings. The van der Waals surface area contributed by atoms with Crippen LogP contribution in [0, 0.1) is 0 Å². The zero-order chi connectivity index (χ0) is 32.6. The van der Waals surface area contributed by atoms with Gasteiger partial charge in [0.05, 0.1) is 22.5 Å². The lowest BCUT2D eigenvalue weighted by Crippen LogP contribution is -2.29. The smallest absolute Gasteiger partial charge is 0.0885 e. The number of aromatic nitrogens is 2. The standard InChI is InChI=1S/C47H32N2/c1-4-15-33(16-5-1)44-31-38(32-45(49-44)34-17-6-2-7-18-34)36-20-14-19-35(29-36)37-26-27-43-41(30-37)40-23-10-11-24-42(40)47(43,39-21-8-3-9-22-39)46-25-12-13-28-48-46/h1-32H. The van der Waals surface area contributed by atoms with Crippen LogP contribution in [0.15, 0.2) is 194 Å². The van der Waals surface area contributed by atoms with Crippen LogP contribution in [-0.2, 0) is 5.41 Å². The van der Waals surface area contributed by atoms with Gasteiger partial charge in [-0.3, -0.25) is 4.98 Å². The largest absolute Gasteiger partial charge is 0.260 e. The Labute approximate surface area is 287 Å². The third-order valence-electron chi connectivity index (χ3n) is 9.79. The van der Waals surface area contributed by atoms with Gasteiger partial charge in [-0.05, 0) is 86.5 Å². The maximum absolute atomic E-state index is 5.10. The second-order valence-corrected chi connectivity index (χ2v) is 12.6. The predicted octanol–water partition coefficient (Wildman–Crippen LogP) is 11.5. The molecular formula is C47H32N2. The lowest BCUT2D eigenvalue weighted by atomic mass is 9.69. The lowest BCUT2D eigenvalue weighted by molar-refractivity contribution is 0.735. The number of fused-ring (bicyclic) bond motifs is 3. The Morgan fingerprint density at radius 3 is 1.57 bits per heavy atom. The van der Waals surface area contributed by atoms with Gasteiger partial charge < -0.3 is 0 Å². The van der Waals surface area contributed by atoms with Crippen molar-refractivity contribution in [3.63, 3.8) is 0 Å². The van der Waals surface area contributed by atoms with E-state index in [1.165, 1.54) is 38.9 Å². The maximum atomic E-state index is 5.10. The molecule has 0 radical (unpaired) electrons. The Kier molecular flexibility index (Phi) is 7.06. The van der Waals surface area contributed by atoms with Gasteiger partial charge in [0.15, 0.2) is 0 Å². The van der Waals surface area contributed by atoms with Gasteiger partial charge in [0.2, 0.25) is 0 Å². The van der Waals surface area contributed by atoms with Crippen LogP contribution in [0.4, 0.5) is 0 Å². The summed E-state index contributed by atoms with van der Waals surface area (Å²) in [6.07, 6.45) is 1.91. The molecule has 0 saturated heterocycles. The number of hydrogen-bond donors (Lipinski definition) is 0. The van der Waals surface area contributed by atoms with Gasteiger partial charge in [-0.1, -0.05) is 152 Å². The van der Waals surface area contributed by atoms with Crippen molar-refractivity contribution in [1.82, 2.24) is 9.97 Å². The quantitative estimate of drug-likeness (QED) is 0.184. The van der Waals surface area contributed by atoms with Gasteiger partial charge in [-0.25, -0.2) is 4.98 Å². The van der Waals surface area contributed by atoms with Gasteiger partial charge in [0, 0.05) is 17.3 Å². The Morgan fingerprint density at radius 2 is 0.898 bits per heavy atom. The predicted molar refractivity (Wildman–Crippen MR) is 201 cm³/mol. The van der Waals surface area contributed by atoms with E-state index in [0.717, 1.165) is 39.3 Å². The molecule has 1 unspecified atom stereocenters. The van der Waals surface area contributed by atoms with Crippen LogP contribution in [0.2, 0.25) is 0 Å². The molecule has 6 aromatic carbocycles. The van der Waals surface area contributed by atoms with Crippen molar-refractivity contribution in [2.45, 2.75) is 5.41 Å². The summed E-state index contributed by atoms with van der Waals surface area (Å²) in [6, 6.07) is 67.1. The molecule has 1 atom stereocenters. The molecule has 9 rings (SSSR count). The van der Waals surface area contributed by atoms with Crippen LogP contribution < -0.4 is 0 Å². The summed E-state index contributed by atoms with van der Waals surface area (Å²) in [6.45, 7) is 0. The first kappa shape index (κ1) is 28.8. The van der Waals surface area contributed by atoms with Crippen molar-refractivity contribution in [2.24, 2.45) is 0 Å². The summed E-state index contributed by atoms with van der Waals surface area (Å²) in [4.78, 5) is 10.1. The first-order chi connectivity index (χ1) is 24.3. The summed E-state index contributed by atoms with van der Waals surface area (Å²) in [7, 11) is 0. The molecule has 0 amide bonds. The highest BCUT2D eigenvalue weighted by molar-refractivity contribution is 5.89. The van der Waals surface area contributed by atoms with Crippen LogP contribution in [0.5, 0.6) is 0 Å². The normalized spacial score (nSPS) is 14.6. The third kappa shape index (κ3) is 4.89. The molecule has 1 aliphatic carbocycles. The zero-order valence-electron chi connectivity index (χ0n) is 26.9. The van der Waals surface area contributed by atoms with Crippen molar-refractivity contribution < 1.29 is 0 Å². The van der Waals surface area contributed by atoms with Gasteiger partial charge in [0.25, 0.3) is 0 Å². The Balaban J connectivity index is 1.20. The highest BCUT2D eigenvalue weighted by Gasteiger charge is 2.47. The molecule has 0 aliphatic heterocycles. The summed E-state index contributed by atoms with van der Waals surface area (Å²) in [5, 5.41) is 0. The van der Waals surface area contributed by atoms with E-state index >= 15 is 0 Å². The summed E-state index contributed by atoms with van der Waals surface area (Å²) in [5.41, 5.74) is 15.5. The van der Waals surface area contributed by atoms with Crippen LogP contribution in [-0.4, -0.2) is 9.97 Å².